The van der Waals surface area contributed by atoms with Crippen LogP contribution in [0.25, 0.3) is 21.8 Å². The number of aromatic nitrogens is 3. The smallest absolute Gasteiger partial charge is 0.248 e. The highest BCUT2D eigenvalue weighted by Crippen LogP contribution is 2.38. The van der Waals surface area contributed by atoms with Gasteiger partial charge in [-0.1, -0.05) is 19.9 Å². The third-order valence-electron chi connectivity index (χ3n) is 3.34. The summed E-state index contributed by atoms with van der Waals surface area (Å²) in [4.78, 5) is 13.7. The van der Waals surface area contributed by atoms with Crippen LogP contribution in [-0.2, 0) is 10.0 Å². The maximum absolute atomic E-state index is 12.0. The Labute approximate surface area is 144 Å². The van der Waals surface area contributed by atoms with Gasteiger partial charge in [-0.05, 0) is 24.3 Å². The van der Waals surface area contributed by atoms with Crippen LogP contribution in [0.15, 0.2) is 46.9 Å². The number of rotatable bonds is 4. The number of primary sulfonamides is 1. The maximum Gasteiger partial charge on any atom is 0.248 e. The Hall–Kier alpha value is -2.16. The molecule has 24 heavy (non-hydrogen) atoms. The minimum atomic E-state index is -3.87. The summed E-state index contributed by atoms with van der Waals surface area (Å²) in [6.45, 7) is 3.96. The van der Waals surface area contributed by atoms with E-state index < -0.39 is 10.0 Å². The zero-order chi connectivity index (χ0) is 17.3. The van der Waals surface area contributed by atoms with Gasteiger partial charge in [0.25, 0.3) is 0 Å². The molecule has 3 rings (SSSR count). The van der Waals surface area contributed by atoms with Crippen molar-refractivity contribution in [1.29, 1.82) is 0 Å². The Morgan fingerprint density at radius 3 is 2.50 bits per heavy atom. The summed E-state index contributed by atoms with van der Waals surface area (Å²) in [6, 6.07) is 8.92. The van der Waals surface area contributed by atoms with Crippen LogP contribution in [-0.4, -0.2) is 23.4 Å². The number of hydrogen-bond acceptors (Lipinski definition) is 6. The number of pyridine rings is 1. The van der Waals surface area contributed by atoms with E-state index in [0.717, 1.165) is 16.2 Å². The SMILES string of the molecule is CC(C)c1nccc(-c2cc(-c3ccccn3)sc2S(N)(=O)=O)n1. The van der Waals surface area contributed by atoms with Gasteiger partial charge in [0.1, 0.15) is 10.0 Å². The molecular weight excluding hydrogens is 344 g/mol. The molecule has 0 aliphatic rings. The number of thiophene rings is 1. The molecule has 3 aromatic rings. The largest absolute Gasteiger partial charge is 0.255 e. The van der Waals surface area contributed by atoms with Crippen LogP contribution in [0.2, 0.25) is 0 Å². The Balaban J connectivity index is 2.20. The van der Waals surface area contributed by atoms with Crippen LogP contribution < -0.4 is 5.14 Å². The fourth-order valence-corrected chi connectivity index (χ4v) is 4.28. The van der Waals surface area contributed by atoms with Gasteiger partial charge < -0.3 is 0 Å². The van der Waals surface area contributed by atoms with Crippen LogP contribution in [0.1, 0.15) is 25.6 Å². The Morgan fingerprint density at radius 2 is 1.88 bits per heavy atom. The lowest BCUT2D eigenvalue weighted by molar-refractivity contribution is 0.600. The molecule has 3 heterocycles. The topological polar surface area (TPSA) is 98.8 Å². The van der Waals surface area contributed by atoms with Crippen molar-refractivity contribution in [2.75, 3.05) is 0 Å². The van der Waals surface area contributed by atoms with Crippen molar-refractivity contribution < 1.29 is 8.42 Å². The van der Waals surface area contributed by atoms with Gasteiger partial charge in [0.2, 0.25) is 10.0 Å². The average molecular weight is 360 g/mol. The van der Waals surface area contributed by atoms with Gasteiger partial charge >= 0.3 is 0 Å². The predicted molar refractivity (Wildman–Crippen MR) is 94.0 cm³/mol. The zero-order valence-corrected chi connectivity index (χ0v) is 14.8. The number of sulfonamides is 1. The molecule has 0 radical (unpaired) electrons. The minimum Gasteiger partial charge on any atom is -0.255 e. The number of nitrogens with two attached hydrogens (primary N) is 1. The fourth-order valence-electron chi connectivity index (χ4n) is 2.20. The molecule has 0 aliphatic carbocycles. The van der Waals surface area contributed by atoms with Gasteiger partial charge in [-0.3, -0.25) is 4.98 Å². The first-order valence-electron chi connectivity index (χ1n) is 7.27. The summed E-state index contributed by atoms with van der Waals surface area (Å²) in [5.74, 6) is 0.787. The van der Waals surface area contributed by atoms with Crippen molar-refractivity contribution in [1.82, 2.24) is 15.0 Å². The number of hydrogen-bond donors (Lipinski definition) is 1. The predicted octanol–water partition coefficient (Wildman–Crippen LogP) is 3.04. The highest BCUT2D eigenvalue weighted by molar-refractivity contribution is 7.91. The van der Waals surface area contributed by atoms with E-state index in [1.807, 2.05) is 26.0 Å². The van der Waals surface area contributed by atoms with Crippen LogP contribution in [0, 0.1) is 0 Å². The van der Waals surface area contributed by atoms with Crippen molar-refractivity contribution in [3.8, 4) is 21.8 Å². The van der Waals surface area contributed by atoms with E-state index in [-0.39, 0.29) is 10.1 Å². The molecule has 0 aliphatic heterocycles. The molecule has 0 aromatic carbocycles. The van der Waals surface area contributed by atoms with Crippen molar-refractivity contribution in [3.63, 3.8) is 0 Å². The third kappa shape index (κ3) is 3.35. The summed E-state index contributed by atoms with van der Waals surface area (Å²) in [5, 5.41) is 5.40. The highest BCUT2D eigenvalue weighted by Gasteiger charge is 2.22. The van der Waals surface area contributed by atoms with E-state index in [2.05, 4.69) is 15.0 Å². The monoisotopic (exact) mass is 360 g/mol. The zero-order valence-electron chi connectivity index (χ0n) is 13.2. The van der Waals surface area contributed by atoms with Crippen molar-refractivity contribution >= 4 is 21.4 Å². The molecule has 8 heteroatoms. The van der Waals surface area contributed by atoms with Gasteiger partial charge in [0.05, 0.1) is 16.3 Å². The molecule has 0 fully saturated rings. The molecule has 0 amide bonds. The first-order valence-corrected chi connectivity index (χ1v) is 9.64. The lowest BCUT2D eigenvalue weighted by atomic mass is 10.1. The summed E-state index contributed by atoms with van der Waals surface area (Å²) < 4.78 is 24.1. The molecule has 0 spiro atoms. The molecule has 124 valence electrons. The standard InChI is InChI=1S/C16H16N4O2S2/c1-10(2)15-19-8-6-12(20-15)11-9-14(13-5-3-4-7-18-13)23-16(11)24(17,21)22/h3-10H,1-2H3,(H2,17,21,22). The van der Waals surface area contributed by atoms with Crippen LogP contribution in [0.3, 0.4) is 0 Å². The third-order valence-corrected chi connectivity index (χ3v) is 5.98. The van der Waals surface area contributed by atoms with Crippen LogP contribution >= 0.6 is 11.3 Å². The van der Waals surface area contributed by atoms with E-state index in [0.29, 0.717) is 22.8 Å². The van der Waals surface area contributed by atoms with E-state index in [1.165, 1.54) is 0 Å². The van der Waals surface area contributed by atoms with Gasteiger partial charge in [-0.2, -0.15) is 0 Å². The maximum atomic E-state index is 12.0. The van der Waals surface area contributed by atoms with Gasteiger partial charge in [-0.25, -0.2) is 23.5 Å². The highest BCUT2D eigenvalue weighted by atomic mass is 32.2. The van der Waals surface area contributed by atoms with Gasteiger partial charge in [0, 0.05) is 23.9 Å². The van der Waals surface area contributed by atoms with Gasteiger partial charge in [-0.15, -0.1) is 11.3 Å². The second kappa shape index (κ2) is 6.39. The summed E-state index contributed by atoms with van der Waals surface area (Å²) in [6.07, 6.45) is 3.29. The second-order valence-electron chi connectivity index (χ2n) is 5.53. The van der Waals surface area contributed by atoms with E-state index in [9.17, 15) is 8.42 Å². The second-order valence-corrected chi connectivity index (χ2v) is 8.34. The van der Waals surface area contributed by atoms with E-state index >= 15 is 0 Å². The van der Waals surface area contributed by atoms with Crippen LogP contribution in [0.5, 0.6) is 0 Å². The summed E-state index contributed by atoms with van der Waals surface area (Å²) >= 11 is 1.09. The Bertz CT molecular complexity index is 967. The summed E-state index contributed by atoms with van der Waals surface area (Å²) in [5.41, 5.74) is 1.71. The first kappa shape index (κ1) is 16.7. The summed E-state index contributed by atoms with van der Waals surface area (Å²) in [7, 11) is -3.87. The fraction of sp³-hybridized carbons (Fsp3) is 0.188. The lowest BCUT2D eigenvalue weighted by Gasteiger charge is -2.06. The first-order chi connectivity index (χ1) is 11.4. The average Bonchev–Trinajstić information content (AvgIpc) is 3.01. The normalized spacial score (nSPS) is 11.8. The molecule has 6 nitrogen and oxygen atoms in total. The van der Waals surface area contributed by atoms with Crippen molar-refractivity contribution in [2.24, 2.45) is 5.14 Å². The van der Waals surface area contributed by atoms with Crippen molar-refractivity contribution in [3.05, 3.63) is 48.5 Å². The number of nitrogens with zero attached hydrogens (tertiary/aromatic N) is 3. The van der Waals surface area contributed by atoms with Crippen molar-refractivity contribution in [2.45, 2.75) is 24.0 Å². The lowest BCUT2D eigenvalue weighted by Crippen LogP contribution is -2.11. The Kier molecular flexibility index (Phi) is 4.44. The molecular formula is C16H16N4O2S2. The quantitative estimate of drug-likeness (QED) is 0.771. The molecule has 0 saturated carbocycles. The van der Waals surface area contributed by atoms with Gasteiger partial charge in [0.15, 0.2) is 0 Å². The molecule has 0 unspecified atom stereocenters. The van der Waals surface area contributed by atoms with E-state index in [1.54, 1.807) is 30.6 Å². The van der Waals surface area contributed by atoms with E-state index in [4.69, 9.17) is 5.14 Å². The molecule has 0 atom stereocenters. The molecule has 0 bridgehead atoms. The molecule has 3 aromatic heterocycles. The molecule has 2 N–H and O–H groups in total. The molecule has 0 saturated heterocycles. The minimum absolute atomic E-state index is 0.0801. The van der Waals surface area contributed by atoms with Crippen LogP contribution in [0.4, 0.5) is 0 Å². The Morgan fingerprint density at radius 1 is 1.08 bits per heavy atom.